The van der Waals surface area contributed by atoms with Crippen molar-refractivity contribution in [3.05, 3.63) is 60.6 Å². The number of aryl methyl sites for hydroxylation is 1. The van der Waals surface area contributed by atoms with Gasteiger partial charge in [0.15, 0.2) is 5.58 Å². The second kappa shape index (κ2) is 6.16. The standard InChI is InChI=1S/C17H14N6O2/c1-11-18-6-7-23(11)17-19-9-12(10-20-17)21-16(24)8-14-13-4-2-3-5-15(13)25-22-14/h2-7,9-10H,8H2,1H3,(H,21,24). The maximum Gasteiger partial charge on any atom is 0.235 e. The predicted molar refractivity (Wildman–Crippen MR) is 90.2 cm³/mol. The molecule has 1 N–H and O–H groups in total. The van der Waals surface area contributed by atoms with Crippen LogP contribution >= 0.6 is 0 Å². The Kier molecular flexibility index (Phi) is 3.70. The molecule has 0 saturated carbocycles. The van der Waals surface area contributed by atoms with Crippen molar-refractivity contribution < 1.29 is 9.32 Å². The molecular formula is C17H14N6O2. The van der Waals surface area contributed by atoms with Crippen LogP contribution in [0.5, 0.6) is 0 Å². The van der Waals surface area contributed by atoms with E-state index in [1.807, 2.05) is 31.2 Å². The summed E-state index contributed by atoms with van der Waals surface area (Å²) in [6.45, 7) is 1.86. The molecule has 0 spiro atoms. The average molecular weight is 334 g/mol. The summed E-state index contributed by atoms with van der Waals surface area (Å²) in [5, 5.41) is 7.55. The van der Waals surface area contributed by atoms with Gasteiger partial charge in [0, 0.05) is 17.8 Å². The Balaban J connectivity index is 1.47. The topological polar surface area (TPSA) is 98.7 Å². The number of carbonyl (C=O) groups excluding carboxylic acids is 1. The van der Waals surface area contributed by atoms with Gasteiger partial charge in [0.2, 0.25) is 11.9 Å². The lowest BCUT2D eigenvalue weighted by atomic mass is 10.1. The van der Waals surface area contributed by atoms with E-state index < -0.39 is 0 Å². The molecule has 0 bridgehead atoms. The number of nitrogens with zero attached hydrogens (tertiary/aromatic N) is 5. The van der Waals surface area contributed by atoms with E-state index in [2.05, 4.69) is 25.4 Å². The fourth-order valence-corrected chi connectivity index (χ4v) is 2.52. The molecule has 0 saturated heterocycles. The molecule has 0 fully saturated rings. The Morgan fingerprint density at radius 1 is 1.20 bits per heavy atom. The van der Waals surface area contributed by atoms with Crippen molar-refractivity contribution in [2.75, 3.05) is 5.32 Å². The average Bonchev–Trinajstić information content (AvgIpc) is 3.22. The SMILES string of the molecule is Cc1nccn1-c1ncc(NC(=O)Cc2noc3ccccc23)cn1. The molecule has 1 amide bonds. The van der Waals surface area contributed by atoms with Crippen LogP contribution in [0.25, 0.3) is 16.9 Å². The largest absolute Gasteiger partial charge is 0.356 e. The molecule has 0 unspecified atom stereocenters. The van der Waals surface area contributed by atoms with E-state index in [1.165, 1.54) is 0 Å². The number of nitrogens with one attached hydrogen (secondary N) is 1. The zero-order valence-electron chi connectivity index (χ0n) is 13.4. The summed E-state index contributed by atoms with van der Waals surface area (Å²) in [7, 11) is 0. The molecule has 0 radical (unpaired) electrons. The smallest absolute Gasteiger partial charge is 0.235 e. The molecule has 8 heteroatoms. The normalized spacial score (nSPS) is 10.9. The van der Waals surface area contributed by atoms with Crippen molar-refractivity contribution in [3.8, 4) is 5.95 Å². The van der Waals surface area contributed by atoms with E-state index in [0.717, 1.165) is 11.2 Å². The summed E-state index contributed by atoms with van der Waals surface area (Å²) in [5.74, 6) is 1.07. The van der Waals surface area contributed by atoms with Crippen LogP contribution in [0, 0.1) is 6.92 Å². The van der Waals surface area contributed by atoms with Gasteiger partial charge in [-0.05, 0) is 19.1 Å². The van der Waals surface area contributed by atoms with E-state index in [1.54, 1.807) is 29.4 Å². The Labute approximate surface area is 142 Å². The minimum Gasteiger partial charge on any atom is -0.356 e. The maximum atomic E-state index is 12.2. The van der Waals surface area contributed by atoms with E-state index in [9.17, 15) is 4.79 Å². The van der Waals surface area contributed by atoms with Gasteiger partial charge in [-0.25, -0.2) is 15.0 Å². The number of para-hydroxylation sites is 1. The highest BCUT2D eigenvalue weighted by molar-refractivity contribution is 5.94. The number of hydrogen-bond donors (Lipinski definition) is 1. The number of benzene rings is 1. The molecule has 0 aliphatic carbocycles. The predicted octanol–water partition coefficient (Wildman–Crippen LogP) is 2.29. The number of imidazole rings is 1. The Morgan fingerprint density at radius 2 is 2.00 bits per heavy atom. The summed E-state index contributed by atoms with van der Waals surface area (Å²) < 4.78 is 6.96. The highest BCUT2D eigenvalue weighted by Gasteiger charge is 2.12. The van der Waals surface area contributed by atoms with Crippen LogP contribution in [-0.4, -0.2) is 30.6 Å². The molecule has 1 aromatic carbocycles. The minimum atomic E-state index is -0.214. The fourth-order valence-electron chi connectivity index (χ4n) is 2.52. The lowest BCUT2D eigenvalue weighted by Gasteiger charge is -2.06. The van der Waals surface area contributed by atoms with Gasteiger partial charge in [-0.15, -0.1) is 0 Å². The molecule has 0 atom stereocenters. The zero-order chi connectivity index (χ0) is 17.2. The van der Waals surface area contributed by atoms with Crippen molar-refractivity contribution in [2.24, 2.45) is 0 Å². The monoisotopic (exact) mass is 334 g/mol. The van der Waals surface area contributed by atoms with Crippen molar-refractivity contribution in [2.45, 2.75) is 13.3 Å². The highest BCUT2D eigenvalue weighted by atomic mass is 16.5. The lowest BCUT2D eigenvalue weighted by molar-refractivity contribution is -0.115. The zero-order valence-corrected chi connectivity index (χ0v) is 13.4. The molecule has 4 aromatic rings. The molecule has 3 heterocycles. The second-order valence-electron chi connectivity index (χ2n) is 5.47. The van der Waals surface area contributed by atoms with Crippen LogP contribution in [0.15, 0.2) is 53.6 Å². The van der Waals surface area contributed by atoms with Gasteiger partial charge in [0.25, 0.3) is 0 Å². The van der Waals surface area contributed by atoms with Gasteiger partial charge in [-0.1, -0.05) is 17.3 Å². The summed E-state index contributed by atoms with van der Waals surface area (Å²) in [6, 6.07) is 7.43. The summed E-state index contributed by atoms with van der Waals surface area (Å²) >= 11 is 0. The Bertz CT molecular complexity index is 1030. The highest BCUT2D eigenvalue weighted by Crippen LogP contribution is 2.18. The number of fused-ring (bicyclic) bond motifs is 1. The van der Waals surface area contributed by atoms with E-state index in [0.29, 0.717) is 22.9 Å². The second-order valence-corrected chi connectivity index (χ2v) is 5.47. The van der Waals surface area contributed by atoms with Crippen molar-refractivity contribution in [1.82, 2.24) is 24.7 Å². The van der Waals surface area contributed by atoms with Crippen molar-refractivity contribution in [1.29, 1.82) is 0 Å². The molecule has 8 nitrogen and oxygen atoms in total. The summed E-state index contributed by atoms with van der Waals surface area (Å²) in [6.07, 6.45) is 6.68. The Morgan fingerprint density at radius 3 is 2.76 bits per heavy atom. The molecule has 0 aliphatic rings. The van der Waals surface area contributed by atoms with Gasteiger partial charge in [-0.3, -0.25) is 9.36 Å². The number of carbonyl (C=O) groups is 1. The quantitative estimate of drug-likeness (QED) is 0.615. The molecule has 3 aromatic heterocycles. The van der Waals surface area contributed by atoms with Crippen LogP contribution in [0.4, 0.5) is 5.69 Å². The van der Waals surface area contributed by atoms with Crippen LogP contribution in [-0.2, 0) is 11.2 Å². The molecule has 4 rings (SSSR count). The van der Waals surface area contributed by atoms with Gasteiger partial charge in [0.1, 0.15) is 11.5 Å². The number of hydrogen-bond acceptors (Lipinski definition) is 6. The number of anilines is 1. The van der Waals surface area contributed by atoms with Crippen LogP contribution in [0.2, 0.25) is 0 Å². The number of amides is 1. The third kappa shape index (κ3) is 2.97. The summed E-state index contributed by atoms with van der Waals surface area (Å²) in [5.41, 5.74) is 1.77. The number of rotatable bonds is 4. The van der Waals surface area contributed by atoms with Gasteiger partial charge in [0.05, 0.1) is 24.5 Å². The fraction of sp³-hybridized carbons (Fsp3) is 0.118. The molecule has 25 heavy (non-hydrogen) atoms. The lowest BCUT2D eigenvalue weighted by Crippen LogP contribution is -2.15. The minimum absolute atomic E-state index is 0.111. The van der Waals surface area contributed by atoms with Gasteiger partial charge in [-0.2, -0.15) is 0 Å². The molecule has 124 valence electrons. The first kappa shape index (κ1) is 15.0. The van der Waals surface area contributed by atoms with Gasteiger partial charge >= 0.3 is 0 Å². The Hall–Kier alpha value is -3.55. The van der Waals surface area contributed by atoms with E-state index in [4.69, 9.17) is 4.52 Å². The van der Waals surface area contributed by atoms with Crippen LogP contribution in [0.1, 0.15) is 11.5 Å². The van der Waals surface area contributed by atoms with Crippen LogP contribution < -0.4 is 5.32 Å². The molecule has 0 aliphatic heterocycles. The van der Waals surface area contributed by atoms with Crippen molar-refractivity contribution >= 4 is 22.6 Å². The number of aromatic nitrogens is 5. The van der Waals surface area contributed by atoms with Crippen LogP contribution in [0.3, 0.4) is 0 Å². The van der Waals surface area contributed by atoms with E-state index in [-0.39, 0.29) is 12.3 Å². The maximum absolute atomic E-state index is 12.2. The third-order valence-corrected chi connectivity index (χ3v) is 3.74. The van der Waals surface area contributed by atoms with E-state index >= 15 is 0 Å². The summed E-state index contributed by atoms with van der Waals surface area (Å²) in [4.78, 5) is 24.8. The molecular weight excluding hydrogens is 320 g/mol. The first-order chi connectivity index (χ1) is 12.2. The first-order valence-electron chi connectivity index (χ1n) is 7.66. The first-order valence-corrected chi connectivity index (χ1v) is 7.66. The van der Waals surface area contributed by atoms with Gasteiger partial charge < -0.3 is 9.84 Å². The third-order valence-electron chi connectivity index (χ3n) is 3.74. The van der Waals surface area contributed by atoms with Crippen molar-refractivity contribution in [3.63, 3.8) is 0 Å².